The van der Waals surface area contributed by atoms with Crippen LogP contribution in [-0.2, 0) is 0 Å². The third kappa shape index (κ3) is 4.82. The predicted molar refractivity (Wildman–Crippen MR) is 128 cm³/mol. The second-order valence-electron chi connectivity index (χ2n) is 8.67. The van der Waals surface area contributed by atoms with Crippen LogP contribution in [0.25, 0.3) is 11.1 Å². The number of benzene rings is 1. The molecule has 0 atom stereocenters. The van der Waals surface area contributed by atoms with Crippen LogP contribution in [0, 0.1) is 11.3 Å². The Morgan fingerprint density at radius 2 is 1.91 bits per heavy atom. The zero-order chi connectivity index (χ0) is 22.6. The molecule has 0 radical (unpaired) electrons. The zero-order valence-corrected chi connectivity index (χ0v) is 18.8. The van der Waals surface area contributed by atoms with Crippen molar-refractivity contribution in [3.8, 4) is 17.2 Å². The summed E-state index contributed by atoms with van der Waals surface area (Å²) in [6.45, 7) is 7.40. The van der Waals surface area contributed by atoms with Gasteiger partial charge in [0.05, 0.1) is 29.5 Å². The molecule has 0 saturated carbocycles. The highest BCUT2D eigenvalue weighted by Gasteiger charge is 2.20. The standard InChI is InChI=1S/C24H29N9/c1-2-32-7-5-22(6-8-32)33-16-19(13-29-33)18-11-27-24(28-12-18)31-20-4-3-17(10-25)23(9-20)30-21-14-26-15-21/h3-4,9,11-13,16,21-22,26,30H,2,5-8,14-15H2,1H3,(H,27,28,31). The molecule has 0 amide bonds. The molecule has 2 saturated heterocycles. The first-order valence-corrected chi connectivity index (χ1v) is 11.6. The third-order valence-corrected chi connectivity index (χ3v) is 6.50. The molecule has 0 spiro atoms. The molecule has 2 fully saturated rings. The Morgan fingerprint density at radius 1 is 1.12 bits per heavy atom. The largest absolute Gasteiger partial charge is 0.379 e. The van der Waals surface area contributed by atoms with Gasteiger partial charge in [0.15, 0.2) is 0 Å². The fourth-order valence-corrected chi connectivity index (χ4v) is 4.31. The van der Waals surface area contributed by atoms with Crippen molar-refractivity contribution in [2.75, 3.05) is 43.4 Å². The third-order valence-electron chi connectivity index (χ3n) is 6.50. The number of piperidine rings is 1. The first kappa shape index (κ1) is 21.4. The van der Waals surface area contributed by atoms with Gasteiger partial charge in [-0.15, -0.1) is 0 Å². The Hall–Kier alpha value is -3.48. The molecule has 170 valence electrons. The number of nitrogens with zero attached hydrogens (tertiary/aromatic N) is 6. The van der Waals surface area contributed by atoms with Crippen molar-refractivity contribution in [2.45, 2.75) is 31.8 Å². The van der Waals surface area contributed by atoms with Crippen molar-refractivity contribution in [1.82, 2.24) is 30.0 Å². The summed E-state index contributed by atoms with van der Waals surface area (Å²) in [7, 11) is 0. The quantitative estimate of drug-likeness (QED) is 0.512. The van der Waals surface area contributed by atoms with Gasteiger partial charge in [-0.25, -0.2) is 9.97 Å². The van der Waals surface area contributed by atoms with Gasteiger partial charge in [-0.05, 0) is 37.6 Å². The number of nitrogens with one attached hydrogen (secondary N) is 3. The number of aromatic nitrogens is 4. The van der Waals surface area contributed by atoms with E-state index in [4.69, 9.17) is 0 Å². The van der Waals surface area contributed by atoms with Crippen LogP contribution in [0.1, 0.15) is 31.4 Å². The van der Waals surface area contributed by atoms with E-state index in [9.17, 15) is 5.26 Å². The van der Waals surface area contributed by atoms with Gasteiger partial charge in [0.1, 0.15) is 6.07 Å². The smallest absolute Gasteiger partial charge is 0.227 e. The fourth-order valence-electron chi connectivity index (χ4n) is 4.31. The Kier molecular flexibility index (Phi) is 6.19. The maximum absolute atomic E-state index is 9.39. The Balaban J connectivity index is 1.24. The summed E-state index contributed by atoms with van der Waals surface area (Å²) in [6, 6.07) is 8.66. The molecule has 2 aliphatic heterocycles. The number of anilines is 3. The van der Waals surface area contributed by atoms with Gasteiger partial charge in [0.2, 0.25) is 5.95 Å². The Morgan fingerprint density at radius 3 is 2.58 bits per heavy atom. The summed E-state index contributed by atoms with van der Waals surface area (Å²) in [5, 5.41) is 23.9. The van der Waals surface area contributed by atoms with E-state index in [1.165, 1.54) is 0 Å². The molecule has 33 heavy (non-hydrogen) atoms. The van der Waals surface area contributed by atoms with Crippen LogP contribution in [0.5, 0.6) is 0 Å². The molecule has 0 aliphatic carbocycles. The molecule has 3 N–H and O–H groups in total. The topological polar surface area (TPSA) is 107 Å². The lowest BCUT2D eigenvalue weighted by Crippen LogP contribution is -2.51. The maximum Gasteiger partial charge on any atom is 0.227 e. The van der Waals surface area contributed by atoms with Crippen LogP contribution >= 0.6 is 0 Å². The zero-order valence-electron chi connectivity index (χ0n) is 18.8. The summed E-state index contributed by atoms with van der Waals surface area (Å²) in [4.78, 5) is 11.5. The highest BCUT2D eigenvalue weighted by molar-refractivity contribution is 5.68. The number of likely N-dealkylation sites (tertiary alicyclic amines) is 1. The van der Waals surface area contributed by atoms with Gasteiger partial charge in [0, 0.05) is 61.6 Å². The predicted octanol–water partition coefficient (Wildman–Crippen LogP) is 3.00. The Labute approximate surface area is 193 Å². The number of hydrogen-bond donors (Lipinski definition) is 3. The normalized spacial score (nSPS) is 17.3. The van der Waals surface area contributed by atoms with Gasteiger partial charge in [-0.3, -0.25) is 4.68 Å². The molecule has 2 aliphatic rings. The van der Waals surface area contributed by atoms with E-state index in [1.807, 2.05) is 36.8 Å². The molecule has 4 heterocycles. The summed E-state index contributed by atoms with van der Waals surface area (Å²) in [5.41, 5.74) is 4.25. The minimum atomic E-state index is 0.350. The lowest BCUT2D eigenvalue weighted by molar-refractivity contribution is 0.187. The number of nitriles is 1. The summed E-state index contributed by atoms with van der Waals surface area (Å²) >= 11 is 0. The minimum absolute atomic E-state index is 0.350. The van der Waals surface area contributed by atoms with Crippen molar-refractivity contribution in [2.24, 2.45) is 0 Å². The first-order valence-electron chi connectivity index (χ1n) is 11.6. The van der Waals surface area contributed by atoms with Crippen LogP contribution < -0.4 is 16.0 Å². The molecule has 0 unspecified atom stereocenters. The fraction of sp³-hybridized carbons (Fsp3) is 0.417. The van der Waals surface area contributed by atoms with Gasteiger partial charge in [-0.1, -0.05) is 6.92 Å². The molecule has 1 aromatic carbocycles. The van der Waals surface area contributed by atoms with Crippen molar-refractivity contribution in [1.29, 1.82) is 5.26 Å². The highest BCUT2D eigenvalue weighted by Crippen LogP contribution is 2.26. The van der Waals surface area contributed by atoms with Crippen LogP contribution in [0.4, 0.5) is 17.3 Å². The minimum Gasteiger partial charge on any atom is -0.379 e. The molecule has 9 heteroatoms. The molecule has 3 aromatic rings. The van der Waals surface area contributed by atoms with E-state index in [1.54, 1.807) is 0 Å². The molecular weight excluding hydrogens is 414 g/mol. The maximum atomic E-state index is 9.39. The second kappa shape index (κ2) is 9.57. The van der Waals surface area contributed by atoms with Crippen LogP contribution in [0.2, 0.25) is 0 Å². The highest BCUT2D eigenvalue weighted by atomic mass is 15.3. The number of rotatable bonds is 7. The van der Waals surface area contributed by atoms with Crippen molar-refractivity contribution in [3.63, 3.8) is 0 Å². The van der Waals surface area contributed by atoms with E-state index in [-0.39, 0.29) is 0 Å². The van der Waals surface area contributed by atoms with Crippen molar-refractivity contribution >= 4 is 17.3 Å². The lowest BCUT2D eigenvalue weighted by Gasteiger charge is -2.31. The first-order chi connectivity index (χ1) is 16.2. The van der Waals surface area contributed by atoms with Crippen molar-refractivity contribution < 1.29 is 0 Å². The van der Waals surface area contributed by atoms with E-state index >= 15 is 0 Å². The van der Waals surface area contributed by atoms with Crippen LogP contribution in [0.3, 0.4) is 0 Å². The van der Waals surface area contributed by atoms with Gasteiger partial charge in [0.25, 0.3) is 0 Å². The van der Waals surface area contributed by atoms with E-state index in [0.29, 0.717) is 23.6 Å². The molecule has 2 aromatic heterocycles. The van der Waals surface area contributed by atoms with Crippen LogP contribution in [-0.4, -0.2) is 63.4 Å². The molecule has 5 rings (SSSR count). The summed E-state index contributed by atoms with van der Waals surface area (Å²) in [5.74, 6) is 0.513. The summed E-state index contributed by atoms with van der Waals surface area (Å²) in [6.07, 6.45) is 9.90. The average Bonchev–Trinajstić information content (AvgIpc) is 3.32. The summed E-state index contributed by atoms with van der Waals surface area (Å²) < 4.78 is 2.09. The number of hydrogen-bond acceptors (Lipinski definition) is 8. The monoisotopic (exact) mass is 443 g/mol. The van der Waals surface area contributed by atoms with E-state index < -0.39 is 0 Å². The lowest BCUT2D eigenvalue weighted by atomic mass is 10.1. The van der Waals surface area contributed by atoms with Crippen LogP contribution in [0.15, 0.2) is 43.0 Å². The van der Waals surface area contributed by atoms with Gasteiger partial charge >= 0.3 is 0 Å². The SMILES string of the molecule is CCN1CCC(n2cc(-c3cnc(Nc4ccc(C#N)c(NC5CNC5)c4)nc3)cn2)CC1. The average molecular weight is 444 g/mol. The molecule has 0 bridgehead atoms. The van der Waals surface area contributed by atoms with Gasteiger partial charge < -0.3 is 20.9 Å². The Bertz CT molecular complexity index is 1120. The molecule has 9 nitrogen and oxygen atoms in total. The van der Waals surface area contributed by atoms with E-state index in [2.05, 4.69) is 59.8 Å². The molecular formula is C24H29N9. The van der Waals surface area contributed by atoms with Gasteiger partial charge in [-0.2, -0.15) is 10.4 Å². The van der Waals surface area contributed by atoms with Crippen molar-refractivity contribution in [3.05, 3.63) is 48.5 Å². The second-order valence-corrected chi connectivity index (χ2v) is 8.67. The van der Waals surface area contributed by atoms with E-state index in [0.717, 1.165) is 68.1 Å².